The molecule has 1 saturated heterocycles. The molecule has 2 fully saturated rings. The molecule has 0 radical (unpaired) electrons. The van der Waals surface area contributed by atoms with E-state index in [4.69, 9.17) is 21.3 Å². The molecule has 2 heterocycles. The van der Waals surface area contributed by atoms with Crippen molar-refractivity contribution in [1.82, 2.24) is 9.55 Å². The first kappa shape index (κ1) is 25.8. The monoisotopic (exact) mass is 548 g/mol. The Morgan fingerprint density at radius 2 is 1.87 bits per heavy atom. The predicted molar refractivity (Wildman–Crippen MR) is 153 cm³/mol. The van der Waals surface area contributed by atoms with Crippen LogP contribution in [0.3, 0.4) is 0 Å². The largest absolute Gasteiger partial charge is 0.375 e. The Hall–Kier alpha value is -2.41. The van der Waals surface area contributed by atoms with Crippen molar-refractivity contribution in [2.75, 3.05) is 12.4 Å². The van der Waals surface area contributed by atoms with E-state index in [0.717, 1.165) is 61.8 Å². The summed E-state index contributed by atoms with van der Waals surface area (Å²) in [7, 11) is 0. The van der Waals surface area contributed by atoms with E-state index in [-0.39, 0.29) is 34.2 Å². The lowest BCUT2D eigenvalue weighted by atomic mass is 9.68. The number of carbonyl (C=O) groups excluding carboxylic acids is 1. The van der Waals surface area contributed by atoms with Gasteiger partial charge in [0.2, 0.25) is 0 Å². The zero-order valence-corrected chi connectivity index (χ0v) is 23.5. The number of halogens is 1. The highest BCUT2D eigenvalue weighted by molar-refractivity contribution is 7.99. The molecule has 7 heteroatoms. The standard InChI is InChI=1S/C31H33ClN2O3S/c1-30(2)18-23(13-16-37-30)34-28(36)26-27(24-8-4-3-7-21(24)17-31(26)14-5-6-15-31)33-29(34)38-19-25(35)20-9-11-22(32)12-10-20/h3-4,7-12,23H,5-6,13-19H2,1-2H3/t23-/m0/s1. The molecule has 3 aromatic rings. The van der Waals surface area contributed by atoms with Crippen LogP contribution < -0.4 is 5.56 Å². The first-order valence-corrected chi connectivity index (χ1v) is 14.9. The van der Waals surface area contributed by atoms with Crippen molar-refractivity contribution in [3.05, 3.63) is 80.6 Å². The van der Waals surface area contributed by atoms with E-state index >= 15 is 0 Å². The van der Waals surface area contributed by atoms with E-state index < -0.39 is 0 Å². The second-order valence-corrected chi connectivity index (χ2v) is 13.0. The van der Waals surface area contributed by atoms with Gasteiger partial charge in [0.15, 0.2) is 10.9 Å². The maximum Gasteiger partial charge on any atom is 0.258 e. The van der Waals surface area contributed by atoms with Gasteiger partial charge in [0.05, 0.1) is 22.6 Å². The summed E-state index contributed by atoms with van der Waals surface area (Å²) in [6.07, 6.45) is 6.70. The van der Waals surface area contributed by atoms with Crippen LogP contribution in [0.15, 0.2) is 58.5 Å². The second-order valence-electron chi connectivity index (χ2n) is 11.6. The van der Waals surface area contributed by atoms with E-state index in [1.165, 1.54) is 17.3 Å². The Kier molecular flexibility index (Phi) is 6.78. The molecule has 6 rings (SSSR count). The van der Waals surface area contributed by atoms with Crippen LogP contribution >= 0.6 is 23.4 Å². The van der Waals surface area contributed by atoms with Gasteiger partial charge >= 0.3 is 0 Å². The van der Waals surface area contributed by atoms with E-state index in [1.54, 1.807) is 24.3 Å². The summed E-state index contributed by atoms with van der Waals surface area (Å²) < 4.78 is 7.93. The fourth-order valence-corrected chi connectivity index (χ4v) is 7.80. The van der Waals surface area contributed by atoms with Crippen molar-refractivity contribution in [1.29, 1.82) is 0 Å². The van der Waals surface area contributed by atoms with Crippen molar-refractivity contribution >= 4 is 29.1 Å². The van der Waals surface area contributed by atoms with Crippen LogP contribution in [-0.4, -0.2) is 33.3 Å². The maximum absolute atomic E-state index is 14.6. The molecule has 1 atom stereocenters. The summed E-state index contributed by atoms with van der Waals surface area (Å²) in [5.41, 5.74) is 4.26. The summed E-state index contributed by atoms with van der Waals surface area (Å²) in [6, 6.07) is 15.3. The molecule has 3 aliphatic rings. The number of ketones is 1. The van der Waals surface area contributed by atoms with Crippen LogP contribution in [0.25, 0.3) is 11.3 Å². The van der Waals surface area contributed by atoms with Gasteiger partial charge < -0.3 is 4.74 Å². The molecule has 1 saturated carbocycles. The lowest BCUT2D eigenvalue weighted by Crippen LogP contribution is -2.44. The van der Waals surface area contributed by atoms with Gasteiger partial charge in [0.1, 0.15) is 0 Å². The average molecular weight is 549 g/mol. The Morgan fingerprint density at radius 3 is 2.61 bits per heavy atom. The van der Waals surface area contributed by atoms with Crippen LogP contribution in [0, 0.1) is 0 Å². The van der Waals surface area contributed by atoms with E-state index in [2.05, 4.69) is 32.0 Å². The fourth-order valence-electron chi connectivity index (χ4n) is 6.72. The van der Waals surface area contributed by atoms with Crippen LogP contribution in [0.5, 0.6) is 0 Å². The number of hydrogen-bond acceptors (Lipinski definition) is 5. The van der Waals surface area contributed by atoms with Gasteiger partial charge in [-0.1, -0.05) is 60.5 Å². The minimum Gasteiger partial charge on any atom is -0.375 e. The third-order valence-corrected chi connectivity index (χ3v) is 9.71. The van der Waals surface area contributed by atoms with Gasteiger partial charge in [-0.05, 0) is 75.8 Å². The summed E-state index contributed by atoms with van der Waals surface area (Å²) >= 11 is 7.39. The van der Waals surface area contributed by atoms with Crippen LogP contribution in [0.2, 0.25) is 5.02 Å². The van der Waals surface area contributed by atoms with Gasteiger partial charge in [-0.15, -0.1) is 0 Å². The molecule has 0 N–H and O–H groups in total. The minimum absolute atomic E-state index is 0.00911. The Labute approximate surface area is 233 Å². The van der Waals surface area contributed by atoms with Crippen molar-refractivity contribution in [2.45, 2.75) is 81.0 Å². The highest BCUT2D eigenvalue weighted by Crippen LogP contribution is 2.50. The highest BCUT2D eigenvalue weighted by atomic mass is 35.5. The topological polar surface area (TPSA) is 61.2 Å². The Bertz CT molecular complexity index is 1440. The first-order valence-electron chi connectivity index (χ1n) is 13.6. The molecule has 5 nitrogen and oxygen atoms in total. The molecule has 1 spiro atoms. The van der Waals surface area contributed by atoms with Gasteiger partial charge in [-0.25, -0.2) is 4.98 Å². The number of rotatable bonds is 5. The highest BCUT2D eigenvalue weighted by Gasteiger charge is 2.45. The number of nitrogens with zero attached hydrogens (tertiary/aromatic N) is 2. The number of carbonyl (C=O) groups is 1. The van der Waals surface area contributed by atoms with Crippen molar-refractivity contribution in [3.63, 3.8) is 0 Å². The molecular formula is C31H33ClN2O3S. The molecule has 0 bridgehead atoms. The van der Waals surface area contributed by atoms with E-state index in [1.807, 2.05) is 10.6 Å². The minimum atomic E-state index is -0.322. The van der Waals surface area contributed by atoms with Crippen molar-refractivity contribution in [3.8, 4) is 11.3 Å². The van der Waals surface area contributed by atoms with E-state index in [0.29, 0.717) is 22.3 Å². The van der Waals surface area contributed by atoms with Crippen molar-refractivity contribution < 1.29 is 9.53 Å². The SMILES string of the molecule is CC1(C)C[C@@H](n2c(SCC(=O)c3ccc(Cl)cc3)nc3c(c2=O)C2(CCCC2)Cc2ccccc2-3)CCO1. The summed E-state index contributed by atoms with van der Waals surface area (Å²) in [4.78, 5) is 33.0. The summed E-state index contributed by atoms with van der Waals surface area (Å²) in [5.74, 6) is 0.192. The zero-order valence-electron chi connectivity index (χ0n) is 22.0. The van der Waals surface area contributed by atoms with Crippen LogP contribution in [-0.2, 0) is 16.6 Å². The van der Waals surface area contributed by atoms with Crippen molar-refractivity contribution in [2.24, 2.45) is 0 Å². The number of benzene rings is 2. The summed E-state index contributed by atoms with van der Waals surface area (Å²) in [5, 5.41) is 1.23. The maximum atomic E-state index is 14.6. The van der Waals surface area contributed by atoms with Gasteiger partial charge in [0, 0.05) is 34.2 Å². The third kappa shape index (κ3) is 4.65. The fraction of sp³-hybridized carbons (Fsp3) is 0.452. The first-order chi connectivity index (χ1) is 18.3. The lowest BCUT2D eigenvalue weighted by molar-refractivity contribution is -0.0710. The molecular weight excluding hydrogens is 516 g/mol. The molecule has 0 unspecified atom stereocenters. The molecule has 1 aliphatic heterocycles. The number of aromatic nitrogens is 2. The molecule has 2 aliphatic carbocycles. The number of thioether (sulfide) groups is 1. The molecule has 0 amide bonds. The van der Waals surface area contributed by atoms with Crippen LogP contribution in [0.4, 0.5) is 0 Å². The Balaban J connectivity index is 1.48. The van der Waals surface area contributed by atoms with Gasteiger partial charge in [0.25, 0.3) is 5.56 Å². The second kappa shape index (κ2) is 9.96. The molecule has 1 aromatic heterocycles. The zero-order chi connectivity index (χ0) is 26.5. The normalized spacial score (nSPS) is 21.2. The van der Waals surface area contributed by atoms with E-state index in [9.17, 15) is 9.59 Å². The number of Topliss-reactive ketones (excluding diaryl/α,β-unsaturated/α-hetero) is 1. The third-order valence-electron chi connectivity index (χ3n) is 8.51. The number of ether oxygens (including phenoxy) is 1. The number of fused-ring (bicyclic) bond motifs is 4. The predicted octanol–water partition coefficient (Wildman–Crippen LogP) is 7.04. The average Bonchev–Trinajstić information content (AvgIpc) is 3.35. The molecule has 38 heavy (non-hydrogen) atoms. The molecule has 2 aromatic carbocycles. The van der Waals surface area contributed by atoms with Crippen LogP contribution in [0.1, 0.15) is 79.9 Å². The van der Waals surface area contributed by atoms with Gasteiger partial charge in [-0.2, -0.15) is 0 Å². The summed E-state index contributed by atoms with van der Waals surface area (Å²) in [6.45, 7) is 4.77. The molecule has 198 valence electrons. The lowest BCUT2D eigenvalue weighted by Gasteiger charge is -2.40. The Morgan fingerprint density at radius 1 is 1.13 bits per heavy atom. The quantitative estimate of drug-likeness (QED) is 0.194. The number of hydrogen-bond donors (Lipinski definition) is 0. The van der Waals surface area contributed by atoms with Gasteiger partial charge in [-0.3, -0.25) is 14.2 Å². The smallest absolute Gasteiger partial charge is 0.258 e.